The van der Waals surface area contributed by atoms with E-state index in [1.807, 2.05) is 0 Å². The number of rotatable bonds is 6. The van der Waals surface area contributed by atoms with Gasteiger partial charge in [-0.2, -0.15) is 0 Å². The number of carbonyl (C=O) groups excluding carboxylic acids is 1. The van der Waals surface area contributed by atoms with Crippen molar-refractivity contribution in [1.82, 2.24) is 4.90 Å². The van der Waals surface area contributed by atoms with Crippen molar-refractivity contribution in [2.24, 2.45) is 0 Å². The van der Waals surface area contributed by atoms with Gasteiger partial charge in [0.1, 0.15) is 0 Å². The average Bonchev–Trinajstić information content (AvgIpc) is 2.04. The summed E-state index contributed by atoms with van der Waals surface area (Å²) in [4.78, 5) is 12.3. The highest BCUT2D eigenvalue weighted by molar-refractivity contribution is 6.62. The third-order valence-electron chi connectivity index (χ3n) is 1.37. The highest BCUT2D eigenvalue weighted by Crippen LogP contribution is 2.01. The van der Waals surface area contributed by atoms with Crippen molar-refractivity contribution in [3.05, 3.63) is 0 Å². The van der Waals surface area contributed by atoms with Crippen molar-refractivity contribution in [2.45, 2.75) is 12.8 Å². The molecule has 0 atom stereocenters. The fourth-order valence-corrected chi connectivity index (χ4v) is 1.20. The molecule has 0 aliphatic rings. The van der Waals surface area contributed by atoms with Gasteiger partial charge in [-0.25, -0.2) is 0 Å². The Morgan fingerprint density at radius 2 is 1.50 bits per heavy atom. The quantitative estimate of drug-likeness (QED) is 0.392. The molecule has 5 heteroatoms. The van der Waals surface area contributed by atoms with E-state index >= 15 is 0 Å². The zero-order valence-corrected chi connectivity index (χ0v) is 9.00. The minimum Gasteiger partial charge on any atom is -0.329 e. The molecule has 0 radical (unpaired) electrons. The molecule has 0 N–H and O–H groups in total. The average molecular weight is 233 g/mol. The van der Waals surface area contributed by atoms with Crippen LogP contribution in [0.4, 0.5) is 4.79 Å². The summed E-state index contributed by atoms with van der Waals surface area (Å²) in [5, 5.41) is -0.426. The minimum atomic E-state index is -0.426. The van der Waals surface area contributed by atoms with Gasteiger partial charge in [-0.1, -0.05) is 0 Å². The van der Waals surface area contributed by atoms with Crippen LogP contribution in [0.2, 0.25) is 0 Å². The number of nitrogens with zero attached hydrogens (tertiary/aromatic N) is 1. The van der Waals surface area contributed by atoms with Crippen LogP contribution in [0.15, 0.2) is 0 Å². The Balaban J connectivity index is 3.62. The van der Waals surface area contributed by atoms with Gasteiger partial charge in [0, 0.05) is 24.8 Å². The van der Waals surface area contributed by atoms with Gasteiger partial charge in [-0.3, -0.25) is 4.79 Å². The molecule has 0 aromatic heterocycles. The topological polar surface area (TPSA) is 20.3 Å². The Bertz CT molecular complexity index is 124. The molecule has 12 heavy (non-hydrogen) atoms. The molecular formula is C7H12Cl3NO. The maximum absolute atomic E-state index is 10.8. The van der Waals surface area contributed by atoms with E-state index in [0.29, 0.717) is 24.8 Å². The molecule has 0 unspecified atom stereocenters. The second-order valence-electron chi connectivity index (χ2n) is 2.33. The maximum atomic E-state index is 10.8. The molecule has 0 aliphatic heterocycles. The number of alkyl halides is 2. The molecule has 0 fully saturated rings. The molecular weight excluding hydrogens is 220 g/mol. The van der Waals surface area contributed by atoms with Crippen LogP contribution in [0, 0.1) is 0 Å². The Morgan fingerprint density at radius 3 is 1.75 bits per heavy atom. The first-order valence-electron chi connectivity index (χ1n) is 3.78. The van der Waals surface area contributed by atoms with E-state index in [1.54, 1.807) is 4.90 Å². The predicted molar refractivity (Wildman–Crippen MR) is 53.5 cm³/mol. The third-order valence-corrected chi connectivity index (χ3v) is 2.15. The fraction of sp³-hybridized carbons (Fsp3) is 0.857. The van der Waals surface area contributed by atoms with Crippen LogP contribution in [0.3, 0.4) is 0 Å². The molecule has 0 aromatic rings. The second-order valence-corrected chi connectivity index (χ2v) is 3.40. The van der Waals surface area contributed by atoms with E-state index in [-0.39, 0.29) is 0 Å². The van der Waals surface area contributed by atoms with Crippen molar-refractivity contribution in [3.8, 4) is 0 Å². The molecule has 0 rings (SSSR count). The second kappa shape index (κ2) is 7.96. The normalized spacial score (nSPS) is 9.92. The predicted octanol–water partition coefficient (Wildman–Crippen LogP) is 2.91. The van der Waals surface area contributed by atoms with Crippen LogP contribution in [0.5, 0.6) is 0 Å². The summed E-state index contributed by atoms with van der Waals surface area (Å²) in [6, 6.07) is 0. The Labute approximate surface area is 87.8 Å². The van der Waals surface area contributed by atoms with Crippen molar-refractivity contribution < 1.29 is 4.79 Å². The number of carbonyl (C=O) groups is 1. The zero-order chi connectivity index (χ0) is 9.40. The van der Waals surface area contributed by atoms with Gasteiger partial charge in [0.15, 0.2) is 0 Å². The smallest absolute Gasteiger partial charge is 0.316 e. The minimum absolute atomic E-state index is 0.426. The number of halogens is 3. The highest BCUT2D eigenvalue weighted by atomic mass is 35.5. The van der Waals surface area contributed by atoms with E-state index in [4.69, 9.17) is 34.8 Å². The summed E-state index contributed by atoms with van der Waals surface area (Å²) in [5.41, 5.74) is 0. The standard InChI is InChI=1S/C7H12Cl3NO/c8-3-1-5-11(7(10)12)6-2-4-9/h1-6H2. The first-order valence-corrected chi connectivity index (χ1v) is 5.23. The number of hydrogen-bond donors (Lipinski definition) is 0. The van der Waals surface area contributed by atoms with Crippen molar-refractivity contribution in [3.63, 3.8) is 0 Å². The molecule has 0 saturated heterocycles. The summed E-state index contributed by atoms with van der Waals surface area (Å²) in [6.45, 7) is 1.23. The Morgan fingerprint density at radius 1 is 1.08 bits per heavy atom. The SMILES string of the molecule is O=C(Cl)N(CCCCl)CCCCl. The monoisotopic (exact) mass is 231 g/mol. The van der Waals surface area contributed by atoms with E-state index in [2.05, 4.69) is 0 Å². The first-order chi connectivity index (χ1) is 5.72. The van der Waals surface area contributed by atoms with Crippen LogP contribution in [-0.2, 0) is 0 Å². The first kappa shape index (κ1) is 12.3. The molecule has 0 bridgehead atoms. The van der Waals surface area contributed by atoms with Crippen molar-refractivity contribution in [1.29, 1.82) is 0 Å². The van der Waals surface area contributed by atoms with Gasteiger partial charge in [0.05, 0.1) is 0 Å². The molecule has 1 amide bonds. The largest absolute Gasteiger partial charge is 0.329 e. The van der Waals surface area contributed by atoms with Gasteiger partial charge >= 0.3 is 5.37 Å². The fourth-order valence-electron chi connectivity index (χ4n) is 0.789. The zero-order valence-electron chi connectivity index (χ0n) is 6.73. The van der Waals surface area contributed by atoms with Crippen LogP contribution >= 0.6 is 34.8 Å². The lowest BCUT2D eigenvalue weighted by Crippen LogP contribution is -2.28. The summed E-state index contributed by atoms with van der Waals surface area (Å²) in [6.07, 6.45) is 1.53. The van der Waals surface area contributed by atoms with Crippen LogP contribution in [0.25, 0.3) is 0 Å². The van der Waals surface area contributed by atoms with Gasteiger partial charge in [0.25, 0.3) is 0 Å². The molecule has 72 valence electrons. The molecule has 0 saturated carbocycles. The van der Waals surface area contributed by atoms with Gasteiger partial charge in [-0.15, -0.1) is 23.2 Å². The van der Waals surface area contributed by atoms with Gasteiger partial charge in [-0.05, 0) is 24.4 Å². The van der Waals surface area contributed by atoms with E-state index < -0.39 is 5.37 Å². The molecule has 0 spiro atoms. The van der Waals surface area contributed by atoms with Crippen molar-refractivity contribution in [2.75, 3.05) is 24.8 Å². The number of amides is 1. The molecule has 2 nitrogen and oxygen atoms in total. The Hall–Kier alpha value is 0.340. The van der Waals surface area contributed by atoms with Gasteiger partial charge < -0.3 is 4.90 Å². The van der Waals surface area contributed by atoms with E-state index in [1.165, 1.54) is 0 Å². The molecule has 0 aliphatic carbocycles. The van der Waals surface area contributed by atoms with Gasteiger partial charge in [0.2, 0.25) is 0 Å². The third kappa shape index (κ3) is 5.92. The Kier molecular flexibility index (Phi) is 8.19. The van der Waals surface area contributed by atoms with E-state index in [0.717, 1.165) is 12.8 Å². The molecule has 0 heterocycles. The van der Waals surface area contributed by atoms with E-state index in [9.17, 15) is 4.79 Å². The summed E-state index contributed by atoms with van der Waals surface area (Å²) >= 11 is 16.3. The highest BCUT2D eigenvalue weighted by Gasteiger charge is 2.08. The summed E-state index contributed by atoms with van der Waals surface area (Å²) in [7, 11) is 0. The summed E-state index contributed by atoms with van der Waals surface area (Å²) in [5.74, 6) is 1.09. The number of hydrogen-bond acceptors (Lipinski definition) is 1. The van der Waals surface area contributed by atoms with Crippen LogP contribution in [0.1, 0.15) is 12.8 Å². The maximum Gasteiger partial charge on any atom is 0.316 e. The van der Waals surface area contributed by atoms with Crippen LogP contribution in [-0.4, -0.2) is 35.1 Å². The molecule has 0 aromatic carbocycles. The van der Waals surface area contributed by atoms with Crippen molar-refractivity contribution >= 4 is 40.2 Å². The van der Waals surface area contributed by atoms with Crippen LogP contribution < -0.4 is 0 Å². The lowest BCUT2D eigenvalue weighted by Gasteiger charge is -2.17. The summed E-state index contributed by atoms with van der Waals surface area (Å²) < 4.78 is 0. The lowest BCUT2D eigenvalue weighted by molar-refractivity contribution is 0.222. The lowest BCUT2D eigenvalue weighted by atomic mass is 10.4.